The number of nitrogens with two attached hydrogens (primary N) is 1. The molecule has 4 amide bonds. The van der Waals surface area contributed by atoms with Crippen molar-refractivity contribution in [1.29, 1.82) is 0 Å². The van der Waals surface area contributed by atoms with Gasteiger partial charge in [-0.1, -0.05) is 0 Å². The van der Waals surface area contributed by atoms with E-state index in [1.54, 1.807) is 0 Å². The van der Waals surface area contributed by atoms with Gasteiger partial charge >= 0.3 is 6.03 Å². The topological polar surface area (TPSA) is 101 Å². The van der Waals surface area contributed by atoms with Gasteiger partial charge in [-0.25, -0.2) is 4.79 Å². The van der Waals surface area contributed by atoms with E-state index in [0.717, 1.165) is 0 Å². The van der Waals surface area contributed by atoms with E-state index in [9.17, 15) is 14.4 Å². The fourth-order valence-electron chi connectivity index (χ4n) is 1.22. The van der Waals surface area contributed by atoms with Crippen LogP contribution >= 0.6 is 11.8 Å². The molecule has 0 spiro atoms. The van der Waals surface area contributed by atoms with Crippen LogP contribution in [0.25, 0.3) is 0 Å². The highest BCUT2D eigenvalue weighted by Gasteiger charge is 2.50. The molecule has 78 valence electrons. The maximum Gasteiger partial charge on any atom is 0.322 e. The Morgan fingerprint density at radius 3 is 2.57 bits per heavy atom. The second-order valence-electron chi connectivity index (χ2n) is 2.92. The van der Waals surface area contributed by atoms with Crippen LogP contribution in [-0.2, 0) is 9.59 Å². The number of thioether (sulfide) groups is 1. The Morgan fingerprint density at radius 1 is 1.57 bits per heavy atom. The van der Waals surface area contributed by atoms with Crippen LogP contribution in [0.15, 0.2) is 0 Å². The Morgan fingerprint density at radius 2 is 2.21 bits per heavy atom. The van der Waals surface area contributed by atoms with Crippen molar-refractivity contribution < 1.29 is 14.4 Å². The molecule has 0 radical (unpaired) electrons. The molecular formula is C7H11N3O3S. The van der Waals surface area contributed by atoms with Crippen molar-refractivity contribution in [3.63, 3.8) is 0 Å². The molecule has 1 saturated heterocycles. The van der Waals surface area contributed by atoms with E-state index >= 15 is 0 Å². The molecule has 0 aromatic rings. The van der Waals surface area contributed by atoms with Gasteiger partial charge in [0.25, 0.3) is 11.8 Å². The van der Waals surface area contributed by atoms with Gasteiger partial charge in [-0.15, -0.1) is 0 Å². The minimum absolute atomic E-state index is 0.209. The maximum absolute atomic E-state index is 11.3. The van der Waals surface area contributed by atoms with Crippen molar-refractivity contribution >= 4 is 29.6 Å². The van der Waals surface area contributed by atoms with Gasteiger partial charge in [-0.05, 0) is 18.4 Å². The van der Waals surface area contributed by atoms with Gasteiger partial charge in [0, 0.05) is 0 Å². The molecule has 4 N–H and O–H groups in total. The van der Waals surface area contributed by atoms with E-state index < -0.39 is 23.4 Å². The lowest BCUT2D eigenvalue weighted by molar-refractivity contribution is -0.134. The minimum Gasteiger partial charge on any atom is -0.367 e. The van der Waals surface area contributed by atoms with Crippen LogP contribution in [0.2, 0.25) is 0 Å². The maximum atomic E-state index is 11.3. The molecule has 1 fully saturated rings. The third-order valence-electron chi connectivity index (χ3n) is 2.04. The molecule has 0 bridgehead atoms. The summed E-state index contributed by atoms with van der Waals surface area (Å²) in [6, 6.07) is -0.671. The van der Waals surface area contributed by atoms with Gasteiger partial charge in [0.15, 0.2) is 0 Å². The molecule has 1 atom stereocenters. The van der Waals surface area contributed by atoms with Crippen LogP contribution in [0.3, 0.4) is 0 Å². The van der Waals surface area contributed by atoms with E-state index in [1.807, 2.05) is 11.6 Å². The molecule has 6 nitrogen and oxygen atoms in total. The van der Waals surface area contributed by atoms with Crippen molar-refractivity contribution in [3.8, 4) is 0 Å². The SMILES string of the molecule is CSCCC1(C(N)=O)NC(=O)NC1=O. The van der Waals surface area contributed by atoms with E-state index in [2.05, 4.69) is 5.32 Å². The molecule has 0 saturated carbocycles. The van der Waals surface area contributed by atoms with Crippen LogP contribution in [0.5, 0.6) is 0 Å². The first-order chi connectivity index (χ1) is 6.53. The zero-order valence-corrected chi connectivity index (χ0v) is 8.44. The highest BCUT2D eigenvalue weighted by atomic mass is 32.2. The molecule has 14 heavy (non-hydrogen) atoms. The molecule has 1 aliphatic heterocycles. The Hall–Kier alpha value is -1.24. The molecule has 1 aliphatic rings. The number of primary amides is 1. The number of rotatable bonds is 4. The average molecular weight is 217 g/mol. The van der Waals surface area contributed by atoms with Gasteiger partial charge < -0.3 is 11.1 Å². The number of hydrogen-bond acceptors (Lipinski definition) is 4. The smallest absolute Gasteiger partial charge is 0.322 e. The standard InChI is InChI=1S/C7H11N3O3S/c1-14-3-2-7(4(8)11)5(12)9-6(13)10-7/h2-3H2,1H3,(H2,8,11)(H2,9,10,12,13). The predicted molar refractivity (Wildman–Crippen MR) is 51.6 cm³/mol. The number of carbonyl (C=O) groups is 3. The summed E-state index contributed by atoms with van der Waals surface area (Å²) in [5, 5.41) is 4.26. The highest BCUT2D eigenvalue weighted by molar-refractivity contribution is 7.98. The van der Waals surface area contributed by atoms with Crippen molar-refractivity contribution in [2.24, 2.45) is 5.73 Å². The zero-order chi connectivity index (χ0) is 10.8. The normalized spacial score (nSPS) is 25.8. The molecular weight excluding hydrogens is 206 g/mol. The molecule has 1 unspecified atom stereocenters. The number of nitrogens with one attached hydrogen (secondary N) is 2. The first-order valence-corrected chi connectivity index (χ1v) is 5.35. The Bertz CT molecular complexity index is 294. The largest absolute Gasteiger partial charge is 0.367 e. The van der Waals surface area contributed by atoms with Gasteiger partial charge in [0.05, 0.1) is 0 Å². The van der Waals surface area contributed by atoms with E-state index in [0.29, 0.717) is 5.75 Å². The molecule has 0 aliphatic carbocycles. The van der Waals surface area contributed by atoms with Crippen molar-refractivity contribution in [2.75, 3.05) is 12.0 Å². The van der Waals surface area contributed by atoms with Gasteiger partial charge in [-0.2, -0.15) is 11.8 Å². The summed E-state index contributed by atoms with van der Waals surface area (Å²) in [5.41, 5.74) is 3.55. The van der Waals surface area contributed by atoms with E-state index in [4.69, 9.17) is 5.73 Å². The minimum atomic E-state index is -1.56. The lowest BCUT2D eigenvalue weighted by Gasteiger charge is -2.21. The first kappa shape index (κ1) is 10.8. The fraction of sp³-hybridized carbons (Fsp3) is 0.571. The van der Waals surface area contributed by atoms with Crippen LogP contribution < -0.4 is 16.4 Å². The van der Waals surface area contributed by atoms with E-state index in [-0.39, 0.29) is 6.42 Å². The van der Waals surface area contributed by atoms with Crippen molar-refractivity contribution in [2.45, 2.75) is 12.0 Å². The second-order valence-corrected chi connectivity index (χ2v) is 3.91. The van der Waals surface area contributed by atoms with Crippen LogP contribution in [-0.4, -0.2) is 35.4 Å². The third-order valence-corrected chi connectivity index (χ3v) is 2.66. The monoisotopic (exact) mass is 217 g/mol. The molecule has 0 aromatic heterocycles. The summed E-state index contributed by atoms with van der Waals surface area (Å²) in [6.45, 7) is 0. The molecule has 7 heteroatoms. The fourth-order valence-corrected chi connectivity index (χ4v) is 1.73. The van der Waals surface area contributed by atoms with E-state index in [1.165, 1.54) is 11.8 Å². The summed E-state index contributed by atoms with van der Waals surface area (Å²) < 4.78 is 0. The highest BCUT2D eigenvalue weighted by Crippen LogP contribution is 2.17. The van der Waals surface area contributed by atoms with Crippen LogP contribution in [0, 0.1) is 0 Å². The second kappa shape index (κ2) is 3.87. The van der Waals surface area contributed by atoms with Gasteiger partial charge in [-0.3, -0.25) is 14.9 Å². The number of hydrogen-bond donors (Lipinski definition) is 3. The van der Waals surface area contributed by atoms with Crippen molar-refractivity contribution in [1.82, 2.24) is 10.6 Å². The molecule has 1 rings (SSSR count). The van der Waals surface area contributed by atoms with Gasteiger partial charge in [0.1, 0.15) is 0 Å². The number of urea groups is 1. The Kier molecular flexibility index (Phi) is 3.00. The number of amides is 4. The lowest BCUT2D eigenvalue weighted by atomic mass is 9.96. The summed E-state index contributed by atoms with van der Waals surface area (Å²) in [4.78, 5) is 33.4. The number of carbonyl (C=O) groups excluding carboxylic acids is 3. The molecule has 0 aromatic carbocycles. The zero-order valence-electron chi connectivity index (χ0n) is 7.62. The summed E-state index contributed by atoms with van der Waals surface area (Å²) >= 11 is 1.47. The number of imide groups is 1. The Balaban J connectivity index is 2.87. The lowest BCUT2D eigenvalue weighted by Crippen LogP contribution is -2.57. The third kappa shape index (κ3) is 1.67. The van der Waals surface area contributed by atoms with Crippen LogP contribution in [0.1, 0.15) is 6.42 Å². The van der Waals surface area contributed by atoms with Crippen molar-refractivity contribution in [3.05, 3.63) is 0 Å². The summed E-state index contributed by atoms with van der Waals surface area (Å²) in [6.07, 6.45) is 2.05. The summed E-state index contributed by atoms with van der Waals surface area (Å²) in [5.74, 6) is -0.921. The molecule has 1 heterocycles. The summed E-state index contributed by atoms with van der Waals surface area (Å²) in [7, 11) is 0. The predicted octanol–water partition coefficient (Wildman–Crippen LogP) is -1.20. The van der Waals surface area contributed by atoms with Crippen LogP contribution in [0.4, 0.5) is 4.79 Å². The quantitative estimate of drug-likeness (QED) is 0.407. The first-order valence-electron chi connectivity index (χ1n) is 3.95. The Labute approximate surface area is 85.0 Å². The van der Waals surface area contributed by atoms with Gasteiger partial charge in [0.2, 0.25) is 5.54 Å². The average Bonchev–Trinajstić information content (AvgIpc) is 2.39.